The Morgan fingerprint density at radius 3 is 3.00 bits per heavy atom. The van der Waals surface area contributed by atoms with Crippen LogP contribution in [0.2, 0.25) is 0 Å². The monoisotopic (exact) mass is 157 g/mol. The average molecular weight is 157 g/mol. The minimum Gasteiger partial charge on any atom is -0.398 e. The van der Waals surface area contributed by atoms with Crippen LogP contribution in [-0.2, 0) is 0 Å². The third-order valence-electron chi connectivity index (χ3n) is 1.83. The highest BCUT2D eigenvalue weighted by atomic mass is 14.7. The van der Waals surface area contributed by atoms with Crippen molar-refractivity contribution >= 4 is 16.6 Å². The molecule has 2 aromatic rings. The first-order valence-corrected chi connectivity index (χ1v) is 3.58. The van der Waals surface area contributed by atoms with E-state index in [1.54, 1.807) is 12.1 Å². The van der Waals surface area contributed by atoms with E-state index in [2.05, 4.69) is 4.98 Å². The summed E-state index contributed by atoms with van der Waals surface area (Å²) < 4.78 is 0. The lowest BCUT2D eigenvalue weighted by atomic mass is 10.1. The van der Waals surface area contributed by atoms with Gasteiger partial charge in [0, 0.05) is 22.8 Å². The SMILES string of the molecule is N#Cc1cc(N)c2cc[nH]c2c1. The molecule has 12 heavy (non-hydrogen) atoms. The van der Waals surface area contributed by atoms with Gasteiger partial charge in [-0.15, -0.1) is 0 Å². The molecule has 0 bridgehead atoms. The fraction of sp³-hybridized carbons (Fsp3) is 0. The van der Waals surface area contributed by atoms with Crippen LogP contribution >= 0.6 is 0 Å². The average Bonchev–Trinajstić information content (AvgIpc) is 2.52. The number of nitriles is 1. The Labute approximate surface area is 69.4 Å². The molecule has 0 atom stereocenters. The van der Waals surface area contributed by atoms with Gasteiger partial charge in [0.25, 0.3) is 0 Å². The van der Waals surface area contributed by atoms with E-state index in [0.29, 0.717) is 11.3 Å². The maximum Gasteiger partial charge on any atom is 0.0993 e. The molecule has 0 aliphatic heterocycles. The van der Waals surface area contributed by atoms with Crippen LogP contribution in [0, 0.1) is 11.3 Å². The van der Waals surface area contributed by atoms with Crippen molar-refractivity contribution in [2.24, 2.45) is 0 Å². The van der Waals surface area contributed by atoms with Crippen LogP contribution in [0.25, 0.3) is 10.9 Å². The van der Waals surface area contributed by atoms with E-state index < -0.39 is 0 Å². The lowest BCUT2D eigenvalue weighted by molar-refractivity contribution is 1.46. The van der Waals surface area contributed by atoms with E-state index in [9.17, 15) is 0 Å². The summed E-state index contributed by atoms with van der Waals surface area (Å²) in [6.07, 6.45) is 1.81. The number of aromatic nitrogens is 1. The third kappa shape index (κ3) is 0.823. The van der Waals surface area contributed by atoms with Crippen molar-refractivity contribution in [3.63, 3.8) is 0 Å². The molecule has 0 saturated carbocycles. The van der Waals surface area contributed by atoms with Crippen LogP contribution in [0.1, 0.15) is 5.56 Å². The molecule has 1 aromatic carbocycles. The number of nitrogen functional groups attached to an aromatic ring is 1. The summed E-state index contributed by atoms with van der Waals surface area (Å²) >= 11 is 0. The third-order valence-corrected chi connectivity index (χ3v) is 1.83. The first-order valence-electron chi connectivity index (χ1n) is 3.58. The van der Waals surface area contributed by atoms with Crippen LogP contribution < -0.4 is 5.73 Å². The zero-order valence-electron chi connectivity index (χ0n) is 6.33. The van der Waals surface area contributed by atoms with Crippen molar-refractivity contribution < 1.29 is 0 Å². The van der Waals surface area contributed by atoms with Gasteiger partial charge in [0.15, 0.2) is 0 Å². The van der Waals surface area contributed by atoms with Crippen LogP contribution in [0.3, 0.4) is 0 Å². The van der Waals surface area contributed by atoms with Gasteiger partial charge >= 0.3 is 0 Å². The number of nitrogens with zero attached hydrogens (tertiary/aromatic N) is 1. The Kier molecular flexibility index (Phi) is 1.28. The van der Waals surface area contributed by atoms with Crippen molar-refractivity contribution in [2.75, 3.05) is 5.73 Å². The summed E-state index contributed by atoms with van der Waals surface area (Å²) in [6, 6.07) is 7.40. The Morgan fingerprint density at radius 2 is 2.25 bits per heavy atom. The first-order chi connectivity index (χ1) is 5.81. The summed E-state index contributed by atoms with van der Waals surface area (Å²) in [7, 11) is 0. The largest absolute Gasteiger partial charge is 0.398 e. The number of hydrogen-bond donors (Lipinski definition) is 2. The van der Waals surface area contributed by atoms with E-state index in [1.807, 2.05) is 18.3 Å². The predicted molar refractivity (Wildman–Crippen MR) is 47.4 cm³/mol. The summed E-state index contributed by atoms with van der Waals surface area (Å²) in [6.45, 7) is 0. The maximum absolute atomic E-state index is 8.64. The second-order valence-electron chi connectivity index (χ2n) is 2.62. The molecular weight excluding hydrogens is 150 g/mol. The van der Waals surface area contributed by atoms with Crippen molar-refractivity contribution in [1.29, 1.82) is 5.26 Å². The number of benzene rings is 1. The molecular formula is C9H7N3. The standard InChI is InChI=1S/C9H7N3/c10-5-6-3-8(11)7-1-2-12-9(7)4-6/h1-4,12H,11H2. The molecule has 0 saturated heterocycles. The molecule has 0 amide bonds. The molecule has 2 rings (SSSR count). The molecule has 0 fully saturated rings. The van der Waals surface area contributed by atoms with E-state index in [4.69, 9.17) is 11.0 Å². The van der Waals surface area contributed by atoms with Gasteiger partial charge < -0.3 is 10.7 Å². The maximum atomic E-state index is 8.64. The molecule has 0 radical (unpaired) electrons. The number of nitrogens with one attached hydrogen (secondary N) is 1. The second-order valence-corrected chi connectivity index (χ2v) is 2.62. The molecule has 3 heteroatoms. The molecule has 3 N–H and O–H groups in total. The first kappa shape index (κ1) is 6.74. The molecule has 3 nitrogen and oxygen atoms in total. The smallest absolute Gasteiger partial charge is 0.0993 e. The van der Waals surface area contributed by atoms with Crippen molar-refractivity contribution in [3.8, 4) is 6.07 Å². The van der Waals surface area contributed by atoms with Crippen LogP contribution in [0.5, 0.6) is 0 Å². The van der Waals surface area contributed by atoms with Gasteiger partial charge in [0.2, 0.25) is 0 Å². The van der Waals surface area contributed by atoms with E-state index >= 15 is 0 Å². The molecule has 1 heterocycles. The molecule has 0 aliphatic carbocycles. The van der Waals surface area contributed by atoms with Crippen LogP contribution in [0.15, 0.2) is 24.4 Å². The van der Waals surface area contributed by atoms with Gasteiger partial charge in [-0.05, 0) is 18.2 Å². The number of aromatic amines is 1. The Balaban J connectivity index is 2.86. The lowest BCUT2D eigenvalue weighted by Gasteiger charge is -1.96. The highest BCUT2D eigenvalue weighted by molar-refractivity contribution is 5.91. The van der Waals surface area contributed by atoms with Gasteiger partial charge in [-0.3, -0.25) is 0 Å². The molecule has 58 valence electrons. The highest BCUT2D eigenvalue weighted by Crippen LogP contribution is 2.21. The number of hydrogen-bond acceptors (Lipinski definition) is 2. The zero-order valence-corrected chi connectivity index (χ0v) is 6.33. The minimum atomic E-state index is 0.586. The lowest BCUT2D eigenvalue weighted by Crippen LogP contribution is -1.86. The zero-order chi connectivity index (χ0) is 8.55. The topological polar surface area (TPSA) is 65.6 Å². The Morgan fingerprint density at radius 1 is 1.42 bits per heavy atom. The van der Waals surface area contributed by atoms with E-state index in [-0.39, 0.29) is 0 Å². The minimum absolute atomic E-state index is 0.586. The summed E-state index contributed by atoms with van der Waals surface area (Å²) in [5.41, 5.74) is 7.84. The second kappa shape index (κ2) is 2.28. The molecule has 0 aliphatic rings. The number of rotatable bonds is 0. The molecule has 0 unspecified atom stereocenters. The Hall–Kier alpha value is -1.95. The summed E-state index contributed by atoms with van der Waals surface area (Å²) in [5.74, 6) is 0. The van der Waals surface area contributed by atoms with Crippen LogP contribution in [-0.4, -0.2) is 4.98 Å². The van der Waals surface area contributed by atoms with Gasteiger partial charge in [-0.25, -0.2) is 0 Å². The van der Waals surface area contributed by atoms with Gasteiger partial charge in [-0.2, -0.15) is 5.26 Å². The summed E-state index contributed by atoms with van der Waals surface area (Å²) in [5, 5.41) is 9.61. The van der Waals surface area contributed by atoms with Crippen molar-refractivity contribution in [1.82, 2.24) is 4.98 Å². The van der Waals surface area contributed by atoms with E-state index in [1.165, 1.54) is 0 Å². The highest BCUT2D eigenvalue weighted by Gasteiger charge is 2.00. The fourth-order valence-electron chi connectivity index (χ4n) is 1.26. The van der Waals surface area contributed by atoms with Crippen molar-refractivity contribution in [3.05, 3.63) is 30.0 Å². The molecule has 1 aromatic heterocycles. The van der Waals surface area contributed by atoms with Crippen molar-refractivity contribution in [2.45, 2.75) is 0 Å². The quantitative estimate of drug-likeness (QED) is 0.570. The number of anilines is 1. The normalized spacial score (nSPS) is 9.92. The van der Waals surface area contributed by atoms with E-state index in [0.717, 1.165) is 10.9 Å². The van der Waals surface area contributed by atoms with Gasteiger partial charge in [-0.1, -0.05) is 0 Å². The predicted octanol–water partition coefficient (Wildman–Crippen LogP) is 1.62. The number of fused-ring (bicyclic) bond motifs is 1. The fourth-order valence-corrected chi connectivity index (χ4v) is 1.26. The van der Waals surface area contributed by atoms with Gasteiger partial charge in [0.05, 0.1) is 11.6 Å². The summed E-state index contributed by atoms with van der Waals surface area (Å²) in [4.78, 5) is 3.00. The molecule has 0 spiro atoms. The Bertz CT molecular complexity index is 462. The number of H-pyrrole nitrogens is 1. The van der Waals surface area contributed by atoms with Gasteiger partial charge in [0.1, 0.15) is 0 Å². The van der Waals surface area contributed by atoms with Crippen LogP contribution in [0.4, 0.5) is 5.69 Å². The number of nitrogens with two attached hydrogens (primary N) is 1.